The van der Waals surface area contributed by atoms with Crippen LogP contribution in [-0.4, -0.2) is 0 Å². The molecule has 0 aliphatic heterocycles. The molecule has 0 amide bonds. The number of halogens is 1. The molecular formula is C8H6FNS2. The number of rotatable bonds is 0. The molecule has 1 nitrogen and oxygen atoms in total. The smallest absolute Gasteiger partial charge is 0.147 e. The van der Waals surface area contributed by atoms with Gasteiger partial charge in [0, 0.05) is 4.70 Å². The highest BCUT2D eigenvalue weighted by Gasteiger charge is 2.03. The van der Waals surface area contributed by atoms with Gasteiger partial charge >= 0.3 is 0 Å². The van der Waals surface area contributed by atoms with Gasteiger partial charge in [-0.2, -0.15) is 0 Å². The molecule has 2 rings (SSSR count). The van der Waals surface area contributed by atoms with Gasteiger partial charge in [-0.25, -0.2) is 4.39 Å². The van der Waals surface area contributed by atoms with Crippen LogP contribution in [0, 0.1) is 5.82 Å². The van der Waals surface area contributed by atoms with Crippen molar-refractivity contribution in [2.45, 2.75) is 4.21 Å². The van der Waals surface area contributed by atoms with Crippen LogP contribution in [0.5, 0.6) is 0 Å². The second kappa shape index (κ2) is 2.64. The first-order chi connectivity index (χ1) is 5.66. The normalized spacial score (nSPS) is 10.8. The fraction of sp³-hybridized carbons (Fsp3) is 0. The number of thiophene rings is 1. The molecule has 0 saturated carbocycles. The molecule has 1 aromatic heterocycles. The Labute approximate surface area is 78.4 Å². The van der Waals surface area contributed by atoms with Gasteiger partial charge in [0.15, 0.2) is 0 Å². The van der Waals surface area contributed by atoms with E-state index in [-0.39, 0.29) is 11.5 Å². The first-order valence-corrected chi connectivity index (χ1v) is 4.61. The second-order valence-corrected chi connectivity index (χ2v) is 4.36. The van der Waals surface area contributed by atoms with E-state index in [4.69, 9.17) is 5.73 Å². The van der Waals surface area contributed by atoms with Crippen molar-refractivity contribution in [1.29, 1.82) is 0 Å². The summed E-state index contributed by atoms with van der Waals surface area (Å²) in [6, 6.07) is 4.94. The quantitative estimate of drug-likeness (QED) is 0.495. The van der Waals surface area contributed by atoms with Crippen molar-refractivity contribution in [2.75, 3.05) is 5.73 Å². The highest BCUT2D eigenvalue weighted by molar-refractivity contribution is 7.83. The predicted molar refractivity (Wildman–Crippen MR) is 53.4 cm³/mol. The Morgan fingerprint density at radius 1 is 1.33 bits per heavy atom. The molecule has 62 valence electrons. The summed E-state index contributed by atoms with van der Waals surface area (Å²) >= 11 is 5.61. The molecule has 0 radical (unpaired) electrons. The molecule has 0 fully saturated rings. The highest BCUT2D eigenvalue weighted by atomic mass is 32.2. The van der Waals surface area contributed by atoms with Gasteiger partial charge in [0.2, 0.25) is 0 Å². The molecule has 0 aliphatic rings. The standard InChI is InChI=1S/C8H6FNS2/c9-5-3-7-4(1-6(5)10)2-8(11)12-7/h1-3,11H,10H2. The Morgan fingerprint density at radius 2 is 2.08 bits per heavy atom. The van der Waals surface area contributed by atoms with E-state index in [1.54, 1.807) is 6.07 Å². The summed E-state index contributed by atoms with van der Waals surface area (Å²) in [5.41, 5.74) is 5.59. The van der Waals surface area contributed by atoms with Crippen molar-refractivity contribution in [1.82, 2.24) is 0 Å². The largest absolute Gasteiger partial charge is 0.396 e. The van der Waals surface area contributed by atoms with E-state index in [0.717, 1.165) is 14.3 Å². The number of anilines is 1. The van der Waals surface area contributed by atoms with Gasteiger partial charge in [-0.3, -0.25) is 0 Å². The molecule has 2 aromatic rings. The molecule has 0 bridgehead atoms. The van der Waals surface area contributed by atoms with Gasteiger partial charge in [0.1, 0.15) is 5.82 Å². The van der Waals surface area contributed by atoms with Crippen LogP contribution in [0.4, 0.5) is 10.1 Å². The lowest BCUT2D eigenvalue weighted by Gasteiger charge is -1.94. The number of fused-ring (bicyclic) bond motifs is 1. The summed E-state index contributed by atoms with van der Waals surface area (Å²) in [5, 5.41) is 0.948. The lowest BCUT2D eigenvalue weighted by atomic mass is 10.2. The first kappa shape index (κ1) is 7.89. The first-order valence-electron chi connectivity index (χ1n) is 3.34. The number of hydrogen-bond acceptors (Lipinski definition) is 3. The van der Waals surface area contributed by atoms with Crippen molar-refractivity contribution >= 4 is 39.7 Å². The van der Waals surface area contributed by atoms with Crippen LogP contribution >= 0.6 is 24.0 Å². The van der Waals surface area contributed by atoms with E-state index in [1.807, 2.05) is 6.07 Å². The van der Waals surface area contributed by atoms with E-state index >= 15 is 0 Å². The zero-order chi connectivity index (χ0) is 8.72. The molecule has 1 aromatic carbocycles. The Hall–Kier alpha value is -0.740. The molecule has 0 saturated heterocycles. The van der Waals surface area contributed by atoms with Crippen LogP contribution in [-0.2, 0) is 0 Å². The molecule has 0 aliphatic carbocycles. The fourth-order valence-electron chi connectivity index (χ4n) is 1.07. The maximum atomic E-state index is 12.9. The maximum Gasteiger partial charge on any atom is 0.147 e. The van der Waals surface area contributed by atoms with E-state index in [2.05, 4.69) is 12.6 Å². The van der Waals surface area contributed by atoms with Crippen molar-refractivity contribution in [3.8, 4) is 0 Å². The minimum absolute atomic E-state index is 0.189. The van der Waals surface area contributed by atoms with Crippen LogP contribution in [0.3, 0.4) is 0 Å². The minimum atomic E-state index is -0.363. The van der Waals surface area contributed by atoms with E-state index in [9.17, 15) is 4.39 Å². The van der Waals surface area contributed by atoms with Gasteiger partial charge in [-0.1, -0.05) is 0 Å². The lowest BCUT2D eigenvalue weighted by molar-refractivity contribution is 0.634. The van der Waals surface area contributed by atoms with Gasteiger partial charge in [0.05, 0.1) is 9.90 Å². The van der Waals surface area contributed by atoms with Crippen LogP contribution in [0.15, 0.2) is 22.4 Å². The summed E-state index contributed by atoms with van der Waals surface area (Å²) < 4.78 is 14.7. The average molecular weight is 199 g/mol. The zero-order valence-electron chi connectivity index (χ0n) is 6.04. The van der Waals surface area contributed by atoms with Gasteiger partial charge < -0.3 is 5.73 Å². The third-order valence-electron chi connectivity index (χ3n) is 1.62. The molecule has 0 unspecified atom stereocenters. The van der Waals surface area contributed by atoms with E-state index < -0.39 is 0 Å². The van der Waals surface area contributed by atoms with E-state index in [0.29, 0.717) is 0 Å². The predicted octanol–water partition coefficient (Wildman–Crippen LogP) is 2.91. The average Bonchev–Trinajstić information content (AvgIpc) is 2.30. The third kappa shape index (κ3) is 1.17. The number of nitrogen functional groups attached to an aromatic ring is 1. The molecule has 4 heteroatoms. The van der Waals surface area contributed by atoms with Crippen LogP contribution in [0.1, 0.15) is 0 Å². The Morgan fingerprint density at radius 3 is 2.83 bits per heavy atom. The summed E-state index contributed by atoms with van der Waals surface area (Å²) in [7, 11) is 0. The number of thiol groups is 1. The van der Waals surface area contributed by atoms with Gasteiger partial charge in [-0.15, -0.1) is 24.0 Å². The summed E-state index contributed by atoms with van der Waals surface area (Å²) in [4.78, 5) is 0. The topological polar surface area (TPSA) is 26.0 Å². The minimum Gasteiger partial charge on any atom is -0.396 e. The maximum absolute atomic E-state index is 12.9. The Balaban J connectivity index is 2.83. The Kier molecular flexibility index (Phi) is 1.73. The van der Waals surface area contributed by atoms with Gasteiger partial charge in [0.25, 0.3) is 0 Å². The van der Waals surface area contributed by atoms with Crippen LogP contribution in [0.2, 0.25) is 0 Å². The van der Waals surface area contributed by atoms with E-state index in [1.165, 1.54) is 17.4 Å². The zero-order valence-corrected chi connectivity index (χ0v) is 7.75. The number of benzene rings is 1. The lowest BCUT2D eigenvalue weighted by Crippen LogP contribution is -1.88. The molecule has 0 spiro atoms. The molecule has 0 atom stereocenters. The highest BCUT2D eigenvalue weighted by Crippen LogP contribution is 2.30. The monoisotopic (exact) mass is 199 g/mol. The summed E-state index contributed by atoms with van der Waals surface area (Å²) in [6.07, 6.45) is 0. The van der Waals surface area contributed by atoms with Crippen molar-refractivity contribution in [2.24, 2.45) is 0 Å². The summed E-state index contributed by atoms with van der Waals surface area (Å²) in [6.45, 7) is 0. The Bertz CT molecular complexity index is 397. The number of nitrogens with two attached hydrogens (primary N) is 1. The van der Waals surface area contributed by atoms with Crippen molar-refractivity contribution in [3.63, 3.8) is 0 Å². The molecule has 12 heavy (non-hydrogen) atoms. The number of hydrogen-bond donors (Lipinski definition) is 2. The van der Waals surface area contributed by atoms with Crippen molar-refractivity contribution in [3.05, 3.63) is 24.0 Å². The molecule has 2 N–H and O–H groups in total. The SMILES string of the molecule is Nc1cc2cc(S)sc2cc1F. The summed E-state index contributed by atoms with van der Waals surface area (Å²) in [5.74, 6) is -0.363. The molecular weight excluding hydrogens is 193 g/mol. The third-order valence-corrected chi connectivity index (χ3v) is 2.93. The van der Waals surface area contributed by atoms with Crippen molar-refractivity contribution < 1.29 is 4.39 Å². The van der Waals surface area contributed by atoms with Crippen LogP contribution in [0.25, 0.3) is 10.1 Å². The van der Waals surface area contributed by atoms with Crippen LogP contribution < -0.4 is 5.73 Å². The van der Waals surface area contributed by atoms with Gasteiger partial charge in [-0.05, 0) is 23.6 Å². The fourth-order valence-corrected chi connectivity index (χ4v) is 2.31. The molecule has 1 heterocycles. The second-order valence-electron chi connectivity index (χ2n) is 2.50.